The molecule has 4 aromatic rings. The van der Waals surface area contributed by atoms with Crippen molar-refractivity contribution in [2.45, 2.75) is 26.8 Å². The smallest absolute Gasteiger partial charge is 0.243 e. The van der Waals surface area contributed by atoms with Crippen molar-refractivity contribution in [3.63, 3.8) is 0 Å². The molecule has 1 N–H and O–H groups in total. The largest absolute Gasteiger partial charge is 0.497 e. The first-order valence-electron chi connectivity index (χ1n) is 10.9. The molecule has 0 aliphatic rings. The molecule has 0 atom stereocenters. The third-order valence-electron chi connectivity index (χ3n) is 5.26. The summed E-state index contributed by atoms with van der Waals surface area (Å²) in [4.78, 5) is 13.7. The number of aryl methyl sites for hydroxylation is 2. The van der Waals surface area contributed by atoms with Gasteiger partial charge in [-0.2, -0.15) is 9.67 Å². The third-order valence-corrected chi connectivity index (χ3v) is 5.26. The number of benzene rings is 2. The van der Waals surface area contributed by atoms with E-state index < -0.39 is 0 Å². The molecule has 0 fully saturated rings. The van der Waals surface area contributed by atoms with Crippen LogP contribution in [0.3, 0.4) is 0 Å². The van der Waals surface area contributed by atoms with Crippen molar-refractivity contribution in [2.75, 3.05) is 26.6 Å². The molecule has 4 rings (SSSR count). The van der Waals surface area contributed by atoms with Gasteiger partial charge in [0.15, 0.2) is 17.3 Å². The predicted octanol–water partition coefficient (Wildman–Crippen LogP) is 3.90. The fraction of sp³-hybridized carbons (Fsp3) is 0.280. The highest BCUT2D eigenvalue weighted by atomic mass is 16.5. The fourth-order valence-corrected chi connectivity index (χ4v) is 3.62. The van der Waals surface area contributed by atoms with E-state index in [1.807, 2.05) is 62.4 Å². The van der Waals surface area contributed by atoms with Crippen molar-refractivity contribution in [3.05, 3.63) is 77.0 Å². The van der Waals surface area contributed by atoms with Crippen LogP contribution in [0.4, 0.5) is 5.95 Å². The van der Waals surface area contributed by atoms with Gasteiger partial charge in [-0.1, -0.05) is 18.2 Å². The Morgan fingerprint density at radius 3 is 2.21 bits per heavy atom. The molecule has 9 heteroatoms. The Balaban J connectivity index is 1.65. The highest BCUT2D eigenvalue weighted by molar-refractivity contribution is 5.44. The van der Waals surface area contributed by atoms with E-state index in [0.717, 1.165) is 28.4 Å². The van der Waals surface area contributed by atoms with E-state index in [2.05, 4.69) is 15.3 Å². The highest BCUT2D eigenvalue weighted by Crippen LogP contribution is 2.28. The minimum atomic E-state index is 0.514. The van der Waals surface area contributed by atoms with Crippen LogP contribution in [-0.2, 0) is 13.0 Å². The Morgan fingerprint density at radius 1 is 0.794 bits per heavy atom. The summed E-state index contributed by atoms with van der Waals surface area (Å²) in [6, 6.07) is 15.6. The Labute approximate surface area is 198 Å². The van der Waals surface area contributed by atoms with Crippen LogP contribution in [0.25, 0.3) is 5.82 Å². The molecule has 0 saturated carbocycles. The van der Waals surface area contributed by atoms with Crippen LogP contribution < -0.4 is 19.5 Å². The van der Waals surface area contributed by atoms with Gasteiger partial charge in [-0.15, -0.1) is 5.10 Å². The van der Waals surface area contributed by atoms with Crippen LogP contribution in [0.15, 0.2) is 48.5 Å². The zero-order valence-corrected chi connectivity index (χ0v) is 20.0. The van der Waals surface area contributed by atoms with Crippen molar-refractivity contribution in [2.24, 2.45) is 0 Å². The number of aromatic nitrogens is 5. The van der Waals surface area contributed by atoms with Crippen molar-refractivity contribution < 1.29 is 14.2 Å². The van der Waals surface area contributed by atoms with E-state index in [1.165, 1.54) is 0 Å². The van der Waals surface area contributed by atoms with Crippen LogP contribution in [0.5, 0.6) is 17.2 Å². The van der Waals surface area contributed by atoms with E-state index in [-0.39, 0.29) is 0 Å². The fourth-order valence-electron chi connectivity index (χ4n) is 3.62. The van der Waals surface area contributed by atoms with Crippen LogP contribution >= 0.6 is 0 Å². The molecule has 34 heavy (non-hydrogen) atoms. The third kappa shape index (κ3) is 5.25. The van der Waals surface area contributed by atoms with E-state index >= 15 is 0 Å². The molecule has 2 aromatic carbocycles. The molecule has 0 bridgehead atoms. The molecule has 2 aromatic heterocycles. The Bertz CT molecular complexity index is 1250. The molecule has 0 aliphatic carbocycles. The molecular formula is C25H28N6O3. The monoisotopic (exact) mass is 460 g/mol. The van der Waals surface area contributed by atoms with E-state index in [1.54, 1.807) is 26.0 Å². The zero-order valence-electron chi connectivity index (χ0n) is 20.0. The van der Waals surface area contributed by atoms with Gasteiger partial charge < -0.3 is 19.5 Å². The molecule has 0 unspecified atom stereocenters. The SMILES string of the molecule is COc1ccc(CNc2nc(Cc3ccc(OC)c(OC)c3)n(-c3cc(C)nc(C)n3)n2)cc1. The number of anilines is 1. The zero-order chi connectivity index (χ0) is 24.1. The number of hydrogen-bond acceptors (Lipinski definition) is 8. The summed E-state index contributed by atoms with van der Waals surface area (Å²) in [7, 11) is 4.90. The summed E-state index contributed by atoms with van der Waals surface area (Å²) in [5.41, 5.74) is 2.96. The van der Waals surface area contributed by atoms with Gasteiger partial charge in [-0.25, -0.2) is 9.97 Å². The number of nitrogens with one attached hydrogen (secondary N) is 1. The first-order chi connectivity index (χ1) is 16.5. The summed E-state index contributed by atoms with van der Waals surface area (Å²) in [5.74, 6) is 4.76. The van der Waals surface area contributed by atoms with Crippen LogP contribution in [-0.4, -0.2) is 46.1 Å². The average molecular weight is 461 g/mol. The second kappa shape index (κ2) is 10.2. The number of methoxy groups -OCH3 is 3. The number of hydrogen-bond donors (Lipinski definition) is 1. The lowest BCUT2D eigenvalue weighted by molar-refractivity contribution is 0.354. The second-order valence-corrected chi connectivity index (χ2v) is 7.75. The van der Waals surface area contributed by atoms with Crippen molar-refractivity contribution in [3.8, 4) is 23.1 Å². The first-order valence-corrected chi connectivity index (χ1v) is 10.9. The lowest BCUT2D eigenvalue weighted by atomic mass is 10.1. The number of nitrogens with zero attached hydrogens (tertiary/aromatic N) is 5. The van der Waals surface area contributed by atoms with Gasteiger partial charge >= 0.3 is 0 Å². The van der Waals surface area contributed by atoms with Gasteiger partial charge in [-0.3, -0.25) is 0 Å². The molecule has 0 spiro atoms. The van der Waals surface area contributed by atoms with Gasteiger partial charge in [0.05, 0.1) is 21.3 Å². The van der Waals surface area contributed by atoms with Crippen LogP contribution in [0, 0.1) is 13.8 Å². The van der Waals surface area contributed by atoms with Gasteiger partial charge in [0.25, 0.3) is 0 Å². The molecular weight excluding hydrogens is 432 g/mol. The predicted molar refractivity (Wildman–Crippen MR) is 129 cm³/mol. The highest BCUT2D eigenvalue weighted by Gasteiger charge is 2.16. The molecule has 2 heterocycles. The van der Waals surface area contributed by atoms with E-state index in [4.69, 9.17) is 24.3 Å². The maximum absolute atomic E-state index is 5.46. The normalized spacial score (nSPS) is 10.7. The molecule has 9 nitrogen and oxygen atoms in total. The Morgan fingerprint density at radius 2 is 1.53 bits per heavy atom. The summed E-state index contributed by atoms with van der Waals surface area (Å²) < 4.78 is 17.8. The molecule has 0 saturated heterocycles. The van der Waals surface area contributed by atoms with Crippen molar-refractivity contribution >= 4 is 5.95 Å². The maximum atomic E-state index is 5.46. The van der Waals surface area contributed by atoms with Crippen molar-refractivity contribution in [1.29, 1.82) is 0 Å². The van der Waals surface area contributed by atoms with Gasteiger partial charge in [0, 0.05) is 24.7 Å². The van der Waals surface area contributed by atoms with Crippen LogP contribution in [0.1, 0.15) is 28.5 Å². The minimum Gasteiger partial charge on any atom is -0.497 e. The quantitative estimate of drug-likeness (QED) is 0.402. The maximum Gasteiger partial charge on any atom is 0.243 e. The summed E-state index contributed by atoms with van der Waals surface area (Å²) in [6.45, 7) is 4.38. The molecule has 0 radical (unpaired) electrons. The number of ether oxygens (including phenoxy) is 3. The van der Waals surface area contributed by atoms with Gasteiger partial charge in [-0.05, 0) is 49.2 Å². The van der Waals surface area contributed by atoms with Crippen molar-refractivity contribution in [1.82, 2.24) is 24.7 Å². The minimum absolute atomic E-state index is 0.514. The van der Waals surface area contributed by atoms with Gasteiger partial charge in [0.1, 0.15) is 17.4 Å². The summed E-state index contributed by atoms with van der Waals surface area (Å²) >= 11 is 0. The first kappa shape index (κ1) is 23.0. The molecule has 176 valence electrons. The topological polar surface area (TPSA) is 96.2 Å². The lowest BCUT2D eigenvalue weighted by Gasteiger charge is -2.10. The summed E-state index contributed by atoms with van der Waals surface area (Å²) in [6.07, 6.45) is 0.527. The Kier molecular flexibility index (Phi) is 6.91. The standard InChI is InChI=1S/C25H28N6O3/c1-16-12-23(28-17(2)27-16)31-24(14-19-8-11-21(33-4)22(13-19)34-5)29-25(30-31)26-15-18-6-9-20(32-3)10-7-18/h6-13H,14-15H2,1-5H3,(H,26,30). The lowest BCUT2D eigenvalue weighted by Crippen LogP contribution is -2.08. The van der Waals surface area contributed by atoms with E-state index in [9.17, 15) is 0 Å². The van der Waals surface area contributed by atoms with Crippen LogP contribution in [0.2, 0.25) is 0 Å². The van der Waals surface area contributed by atoms with E-state index in [0.29, 0.717) is 42.1 Å². The second-order valence-electron chi connectivity index (χ2n) is 7.75. The molecule has 0 amide bonds. The number of rotatable bonds is 9. The molecule has 0 aliphatic heterocycles. The Hall–Kier alpha value is -4.14. The average Bonchev–Trinajstić information content (AvgIpc) is 3.25. The summed E-state index contributed by atoms with van der Waals surface area (Å²) in [5, 5.41) is 8.02. The van der Waals surface area contributed by atoms with Gasteiger partial charge in [0.2, 0.25) is 5.95 Å².